The fraction of sp³-hybridized carbons (Fsp3) is 0.0476. The Morgan fingerprint density at radius 3 is 2.83 bits per heavy atom. The van der Waals surface area contributed by atoms with Crippen LogP contribution in [-0.4, -0.2) is 27.2 Å². The standard InChI is InChI=1S/C21H15BrN4O2S/c22-17-6-1-4-15(10-17)13-24-25-21-26(14-18-7-3-9-28-18)20(27)19(29-21)11-16-5-2-8-23-12-16/h1-13H,14H2/b19-11-,24-13+,25-21-. The largest absolute Gasteiger partial charge is 0.467 e. The van der Waals surface area contributed by atoms with E-state index in [-0.39, 0.29) is 12.5 Å². The van der Waals surface area contributed by atoms with Crippen molar-refractivity contribution in [1.82, 2.24) is 9.88 Å². The monoisotopic (exact) mass is 466 g/mol. The molecule has 8 heteroatoms. The number of carbonyl (C=O) groups excluding carboxylic acids is 1. The number of benzene rings is 1. The van der Waals surface area contributed by atoms with E-state index in [1.807, 2.05) is 42.5 Å². The van der Waals surface area contributed by atoms with Gasteiger partial charge in [0.2, 0.25) is 0 Å². The molecule has 1 fully saturated rings. The van der Waals surface area contributed by atoms with E-state index in [2.05, 4.69) is 31.1 Å². The maximum atomic E-state index is 13.0. The Kier molecular flexibility index (Phi) is 6.02. The molecule has 0 unspecified atom stereocenters. The summed E-state index contributed by atoms with van der Waals surface area (Å²) >= 11 is 4.71. The molecule has 0 N–H and O–H groups in total. The molecule has 1 aliphatic heterocycles. The third-order valence-electron chi connectivity index (χ3n) is 3.96. The number of amidine groups is 1. The maximum absolute atomic E-state index is 13.0. The number of hydrogen-bond acceptors (Lipinski definition) is 6. The van der Waals surface area contributed by atoms with Gasteiger partial charge in [-0.15, -0.1) is 5.10 Å². The summed E-state index contributed by atoms with van der Waals surface area (Å²) in [4.78, 5) is 19.2. The van der Waals surface area contributed by atoms with Crippen molar-refractivity contribution < 1.29 is 9.21 Å². The number of pyridine rings is 1. The molecular weight excluding hydrogens is 452 g/mol. The van der Waals surface area contributed by atoms with E-state index in [9.17, 15) is 4.79 Å². The molecule has 1 saturated heterocycles. The van der Waals surface area contributed by atoms with Crippen LogP contribution in [0.4, 0.5) is 0 Å². The minimum absolute atomic E-state index is 0.147. The third kappa shape index (κ3) is 4.90. The van der Waals surface area contributed by atoms with Crippen LogP contribution in [0.25, 0.3) is 6.08 Å². The zero-order valence-corrected chi connectivity index (χ0v) is 17.5. The summed E-state index contributed by atoms with van der Waals surface area (Å²) in [7, 11) is 0. The van der Waals surface area contributed by atoms with Gasteiger partial charge < -0.3 is 4.42 Å². The van der Waals surface area contributed by atoms with Gasteiger partial charge in [-0.1, -0.05) is 34.1 Å². The summed E-state index contributed by atoms with van der Waals surface area (Å²) in [5, 5.41) is 8.96. The highest BCUT2D eigenvalue weighted by Crippen LogP contribution is 2.33. The number of thioether (sulfide) groups is 1. The number of amides is 1. The van der Waals surface area contributed by atoms with Gasteiger partial charge in [-0.25, -0.2) is 0 Å². The second-order valence-corrected chi connectivity index (χ2v) is 7.97. The summed E-state index contributed by atoms with van der Waals surface area (Å²) in [5.74, 6) is 0.525. The first-order valence-electron chi connectivity index (χ1n) is 8.69. The van der Waals surface area contributed by atoms with Crippen molar-refractivity contribution in [2.75, 3.05) is 0 Å². The molecule has 0 aliphatic carbocycles. The van der Waals surface area contributed by atoms with Crippen LogP contribution in [0.15, 0.2) is 91.2 Å². The Labute approximate surface area is 180 Å². The summed E-state index contributed by atoms with van der Waals surface area (Å²) in [6, 6.07) is 15.1. The Balaban J connectivity index is 1.61. The fourth-order valence-corrected chi connectivity index (χ4v) is 3.98. The molecular formula is C21H15BrN4O2S. The Hall–Kier alpha value is -2.97. The van der Waals surface area contributed by atoms with Gasteiger partial charge in [0, 0.05) is 16.9 Å². The molecule has 0 spiro atoms. The molecule has 1 amide bonds. The lowest BCUT2D eigenvalue weighted by atomic mass is 10.2. The lowest BCUT2D eigenvalue weighted by molar-refractivity contribution is -0.122. The van der Waals surface area contributed by atoms with Crippen molar-refractivity contribution in [1.29, 1.82) is 0 Å². The first-order valence-corrected chi connectivity index (χ1v) is 10.3. The lowest BCUT2D eigenvalue weighted by Crippen LogP contribution is -2.28. The van der Waals surface area contributed by atoms with Gasteiger partial charge in [0.1, 0.15) is 5.76 Å². The molecule has 0 atom stereocenters. The van der Waals surface area contributed by atoms with Crippen LogP contribution in [-0.2, 0) is 11.3 Å². The molecule has 0 bridgehead atoms. The normalized spacial score (nSPS) is 17.1. The van der Waals surface area contributed by atoms with E-state index in [0.29, 0.717) is 15.8 Å². The second-order valence-electron chi connectivity index (χ2n) is 6.05. The zero-order chi connectivity index (χ0) is 20.1. The number of rotatable bonds is 5. The maximum Gasteiger partial charge on any atom is 0.267 e. The number of furan rings is 1. The molecule has 6 nitrogen and oxygen atoms in total. The van der Waals surface area contributed by atoms with Crippen LogP contribution in [0.5, 0.6) is 0 Å². The summed E-state index contributed by atoms with van der Waals surface area (Å²) in [6.07, 6.45) is 8.43. The molecule has 0 radical (unpaired) electrons. The number of hydrogen-bond donors (Lipinski definition) is 0. The molecule has 144 valence electrons. The van der Waals surface area contributed by atoms with Crippen LogP contribution in [0.1, 0.15) is 16.9 Å². The summed E-state index contributed by atoms with van der Waals surface area (Å²) in [6.45, 7) is 0.286. The second kappa shape index (κ2) is 9.02. The number of aromatic nitrogens is 1. The fourth-order valence-electron chi connectivity index (χ4n) is 2.62. The van der Waals surface area contributed by atoms with Crippen molar-refractivity contribution in [3.05, 3.63) is 93.5 Å². The average molecular weight is 467 g/mol. The Bertz CT molecular complexity index is 1090. The van der Waals surface area contributed by atoms with Crippen LogP contribution in [0.3, 0.4) is 0 Å². The first-order chi connectivity index (χ1) is 14.2. The van der Waals surface area contributed by atoms with E-state index >= 15 is 0 Å². The zero-order valence-electron chi connectivity index (χ0n) is 15.1. The first kappa shape index (κ1) is 19.4. The number of carbonyl (C=O) groups is 1. The van der Waals surface area contributed by atoms with Gasteiger partial charge in [-0.05, 0) is 59.3 Å². The van der Waals surface area contributed by atoms with Gasteiger partial charge in [-0.3, -0.25) is 14.7 Å². The molecule has 4 rings (SSSR count). The predicted molar refractivity (Wildman–Crippen MR) is 118 cm³/mol. The van der Waals surface area contributed by atoms with Gasteiger partial charge in [0.25, 0.3) is 5.91 Å². The SMILES string of the molecule is O=C1/C(=C/c2cccnc2)S/C(=N\N=C\c2cccc(Br)c2)N1Cc1ccco1. The molecule has 3 heterocycles. The van der Waals surface area contributed by atoms with Gasteiger partial charge in [-0.2, -0.15) is 5.10 Å². The van der Waals surface area contributed by atoms with Crippen molar-refractivity contribution in [2.45, 2.75) is 6.54 Å². The topological polar surface area (TPSA) is 71.1 Å². The molecule has 2 aromatic heterocycles. The summed E-state index contributed by atoms with van der Waals surface area (Å²) in [5.41, 5.74) is 1.75. The van der Waals surface area contributed by atoms with Crippen LogP contribution < -0.4 is 0 Å². The van der Waals surface area contributed by atoms with E-state index in [1.54, 1.807) is 41.9 Å². The van der Waals surface area contributed by atoms with E-state index in [1.165, 1.54) is 11.8 Å². The molecule has 29 heavy (non-hydrogen) atoms. The van der Waals surface area contributed by atoms with Crippen molar-refractivity contribution in [3.8, 4) is 0 Å². The van der Waals surface area contributed by atoms with E-state index in [0.717, 1.165) is 15.6 Å². The van der Waals surface area contributed by atoms with Crippen molar-refractivity contribution >= 4 is 51.1 Å². The van der Waals surface area contributed by atoms with Crippen LogP contribution >= 0.6 is 27.7 Å². The smallest absolute Gasteiger partial charge is 0.267 e. The van der Waals surface area contributed by atoms with Crippen molar-refractivity contribution in [3.63, 3.8) is 0 Å². The number of nitrogens with zero attached hydrogens (tertiary/aromatic N) is 4. The number of halogens is 1. The quantitative estimate of drug-likeness (QED) is 0.303. The van der Waals surface area contributed by atoms with E-state index in [4.69, 9.17) is 4.42 Å². The minimum atomic E-state index is -0.147. The van der Waals surface area contributed by atoms with Crippen molar-refractivity contribution in [2.24, 2.45) is 10.2 Å². The van der Waals surface area contributed by atoms with Gasteiger partial charge >= 0.3 is 0 Å². The third-order valence-corrected chi connectivity index (χ3v) is 5.45. The highest BCUT2D eigenvalue weighted by atomic mass is 79.9. The molecule has 3 aromatic rings. The van der Waals surface area contributed by atoms with Crippen LogP contribution in [0.2, 0.25) is 0 Å². The lowest BCUT2D eigenvalue weighted by Gasteiger charge is -2.12. The highest BCUT2D eigenvalue weighted by molar-refractivity contribution is 9.10. The van der Waals surface area contributed by atoms with Gasteiger partial charge in [0.15, 0.2) is 5.17 Å². The van der Waals surface area contributed by atoms with Gasteiger partial charge in [0.05, 0.1) is 23.9 Å². The highest BCUT2D eigenvalue weighted by Gasteiger charge is 2.34. The predicted octanol–water partition coefficient (Wildman–Crippen LogP) is 4.94. The minimum Gasteiger partial charge on any atom is -0.467 e. The average Bonchev–Trinajstić information content (AvgIpc) is 3.33. The Morgan fingerprint density at radius 1 is 1.17 bits per heavy atom. The van der Waals surface area contributed by atoms with Crippen LogP contribution in [0, 0.1) is 0 Å². The molecule has 0 saturated carbocycles. The molecule has 1 aromatic carbocycles. The molecule has 1 aliphatic rings. The Morgan fingerprint density at radius 2 is 2.07 bits per heavy atom. The van der Waals surface area contributed by atoms with E-state index < -0.39 is 0 Å². The summed E-state index contributed by atoms with van der Waals surface area (Å²) < 4.78 is 6.36.